The molecule has 19 heavy (non-hydrogen) atoms. The largest absolute Gasteiger partial charge is 0.365 e. The SMILES string of the molecule is CCN(c1ccc(C)cc1)C1(CN)CC(C(C)C)C1. The number of likely N-dealkylation sites (N-methyl/N-ethyl adjacent to an activating group) is 1. The van der Waals surface area contributed by atoms with Crippen molar-refractivity contribution in [3.63, 3.8) is 0 Å². The van der Waals surface area contributed by atoms with Crippen molar-refractivity contribution in [3.8, 4) is 0 Å². The maximum Gasteiger partial charge on any atom is 0.0529 e. The first-order valence-electron chi connectivity index (χ1n) is 7.57. The molecule has 2 rings (SSSR count). The Balaban J connectivity index is 2.19. The van der Waals surface area contributed by atoms with Gasteiger partial charge in [-0.2, -0.15) is 0 Å². The molecule has 2 N–H and O–H groups in total. The number of aryl methyl sites for hydroxylation is 1. The van der Waals surface area contributed by atoms with E-state index in [0.29, 0.717) is 0 Å². The standard InChI is InChI=1S/C17H28N2/c1-5-19(16-8-6-14(4)7-9-16)17(12-18)10-15(11-17)13(2)3/h6-9,13,15H,5,10-12,18H2,1-4H3. The summed E-state index contributed by atoms with van der Waals surface area (Å²) in [5.74, 6) is 1.61. The number of anilines is 1. The Bertz CT molecular complexity index is 402. The zero-order chi connectivity index (χ0) is 14.0. The van der Waals surface area contributed by atoms with Crippen molar-refractivity contribution >= 4 is 5.69 Å². The van der Waals surface area contributed by atoms with Gasteiger partial charge in [-0.25, -0.2) is 0 Å². The topological polar surface area (TPSA) is 29.3 Å². The molecule has 1 aliphatic carbocycles. The van der Waals surface area contributed by atoms with Crippen LogP contribution in [0.1, 0.15) is 39.2 Å². The highest BCUT2D eigenvalue weighted by Crippen LogP contribution is 2.46. The Morgan fingerprint density at radius 3 is 2.26 bits per heavy atom. The van der Waals surface area contributed by atoms with E-state index in [-0.39, 0.29) is 5.54 Å². The van der Waals surface area contributed by atoms with Crippen molar-refractivity contribution in [2.75, 3.05) is 18.0 Å². The van der Waals surface area contributed by atoms with Crippen LogP contribution in [0.2, 0.25) is 0 Å². The van der Waals surface area contributed by atoms with E-state index < -0.39 is 0 Å². The Hall–Kier alpha value is -1.02. The van der Waals surface area contributed by atoms with Crippen molar-refractivity contribution in [1.82, 2.24) is 0 Å². The van der Waals surface area contributed by atoms with Crippen LogP contribution in [0.5, 0.6) is 0 Å². The van der Waals surface area contributed by atoms with Crippen LogP contribution in [0.15, 0.2) is 24.3 Å². The first kappa shape index (κ1) is 14.4. The lowest BCUT2D eigenvalue weighted by atomic mass is 9.63. The van der Waals surface area contributed by atoms with Crippen LogP contribution < -0.4 is 10.6 Å². The fraction of sp³-hybridized carbons (Fsp3) is 0.647. The van der Waals surface area contributed by atoms with Crippen molar-refractivity contribution in [2.45, 2.75) is 46.1 Å². The molecule has 106 valence electrons. The highest BCUT2D eigenvalue weighted by Gasteiger charge is 2.47. The summed E-state index contributed by atoms with van der Waals surface area (Å²) in [7, 11) is 0. The minimum Gasteiger partial charge on any atom is -0.365 e. The summed E-state index contributed by atoms with van der Waals surface area (Å²) >= 11 is 0. The molecular weight excluding hydrogens is 232 g/mol. The minimum absolute atomic E-state index is 0.193. The smallest absolute Gasteiger partial charge is 0.0529 e. The predicted molar refractivity (Wildman–Crippen MR) is 83.5 cm³/mol. The van der Waals surface area contributed by atoms with E-state index in [0.717, 1.165) is 24.9 Å². The number of hydrogen-bond acceptors (Lipinski definition) is 2. The second-order valence-corrected chi connectivity index (χ2v) is 6.42. The van der Waals surface area contributed by atoms with Gasteiger partial charge >= 0.3 is 0 Å². The second kappa shape index (κ2) is 5.54. The maximum atomic E-state index is 6.13. The number of rotatable bonds is 5. The van der Waals surface area contributed by atoms with Crippen molar-refractivity contribution in [3.05, 3.63) is 29.8 Å². The van der Waals surface area contributed by atoms with Crippen molar-refractivity contribution in [2.24, 2.45) is 17.6 Å². The summed E-state index contributed by atoms with van der Waals surface area (Å²) in [4.78, 5) is 2.52. The summed E-state index contributed by atoms with van der Waals surface area (Å²) in [5.41, 5.74) is 8.96. The number of benzene rings is 1. The number of nitrogens with two attached hydrogens (primary N) is 1. The van der Waals surface area contributed by atoms with E-state index in [1.807, 2.05) is 0 Å². The average molecular weight is 260 g/mol. The van der Waals surface area contributed by atoms with E-state index in [1.165, 1.54) is 24.1 Å². The number of hydrogen-bond donors (Lipinski definition) is 1. The Labute approximate surface area is 118 Å². The Morgan fingerprint density at radius 1 is 1.26 bits per heavy atom. The molecule has 0 bridgehead atoms. The lowest BCUT2D eigenvalue weighted by molar-refractivity contribution is 0.103. The van der Waals surface area contributed by atoms with Crippen molar-refractivity contribution in [1.29, 1.82) is 0 Å². The lowest BCUT2D eigenvalue weighted by Gasteiger charge is -2.56. The van der Waals surface area contributed by atoms with E-state index in [9.17, 15) is 0 Å². The Morgan fingerprint density at radius 2 is 1.84 bits per heavy atom. The first-order valence-corrected chi connectivity index (χ1v) is 7.57. The van der Waals surface area contributed by atoms with Gasteiger partial charge in [0, 0.05) is 18.8 Å². The molecule has 1 aromatic carbocycles. The van der Waals surface area contributed by atoms with Crippen LogP contribution in [0, 0.1) is 18.8 Å². The van der Waals surface area contributed by atoms with Crippen LogP contribution in [-0.4, -0.2) is 18.6 Å². The summed E-state index contributed by atoms with van der Waals surface area (Å²) < 4.78 is 0. The molecule has 0 aromatic heterocycles. The molecule has 1 saturated carbocycles. The third kappa shape index (κ3) is 2.64. The summed E-state index contributed by atoms with van der Waals surface area (Å²) in [6.45, 7) is 10.8. The van der Waals surface area contributed by atoms with Gasteiger partial charge in [-0.15, -0.1) is 0 Å². The van der Waals surface area contributed by atoms with Gasteiger partial charge in [-0.3, -0.25) is 0 Å². The van der Waals surface area contributed by atoms with Gasteiger partial charge in [-0.1, -0.05) is 31.5 Å². The van der Waals surface area contributed by atoms with Crippen LogP contribution in [0.3, 0.4) is 0 Å². The van der Waals surface area contributed by atoms with Gasteiger partial charge < -0.3 is 10.6 Å². The second-order valence-electron chi connectivity index (χ2n) is 6.42. The van der Waals surface area contributed by atoms with Gasteiger partial charge in [0.25, 0.3) is 0 Å². The van der Waals surface area contributed by atoms with Gasteiger partial charge in [-0.05, 0) is 50.7 Å². The van der Waals surface area contributed by atoms with Crippen LogP contribution in [0.25, 0.3) is 0 Å². The summed E-state index contributed by atoms with van der Waals surface area (Å²) in [6, 6.07) is 8.86. The van der Waals surface area contributed by atoms with E-state index in [1.54, 1.807) is 0 Å². The molecule has 0 unspecified atom stereocenters. The van der Waals surface area contributed by atoms with E-state index in [2.05, 4.69) is 56.9 Å². The van der Waals surface area contributed by atoms with Gasteiger partial charge in [0.15, 0.2) is 0 Å². The van der Waals surface area contributed by atoms with Crippen LogP contribution in [-0.2, 0) is 0 Å². The molecule has 0 saturated heterocycles. The zero-order valence-corrected chi connectivity index (χ0v) is 12.8. The highest BCUT2D eigenvalue weighted by atomic mass is 15.2. The fourth-order valence-electron chi connectivity index (χ4n) is 3.40. The van der Waals surface area contributed by atoms with Crippen molar-refractivity contribution < 1.29 is 0 Å². The molecule has 0 heterocycles. The van der Waals surface area contributed by atoms with Gasteiger partial charge in [0.2, 0.25) is 0 Å². The minimum atomic E-state index is 0.193. The molecule has 0 aliphatic heterocycles. The number of nitrogens with zero attached hydrogens (tertiary/aromatic N) is 1. The normalized spacial score (nSPS) is 26.3. The molecule has 1 aromatic rings. The molecule has 1 fully saturated rings. The molecule has 0 atom stereocenters. The average Bonchev–Trinajstić information content (AvgIpc) is 2.34. The zero-order valence-electron chi connectivity index (χ0n) is 12.8. The predicted octanol–water partition coefficient (Wildman–Crippen LogP) is 3.58. The summed E-state index contributed by atoms with van der Waals surface area (Å²) in [5, 5.41) is 0. The van der Waals surface area contributed by atoms with E-state index >= 15 is 0 Å². The van der Waals surface area contributed by atoms with Gasteiger partial charge in [0.05, 0.1) is 5.54 Å². The monoisotopic (exact) mass is 260 g/mol. The van der Waals surface area contributed by atoms with Gasteiger partial charge in [0.1, 0.15) is 0 Å². The van der Waals surface area contributed by atoms with Crippen LogP contribution in [0.4, 0.5) is 5.69 Å². The summed E-state index contributed by atoms with van der Waals surface area (Å²) in [6.07, 6.45) is 2.48. The maximum absolute atomic E-state index is 6.13. The highest BCUT2D eigenvalue weighted by molar-refractivity contribution is 5.51. The molecule has 0 amide bonds. The quantitative estimate of drug-likeness (QED) is 0.876. The fourth-order valence-corrected chi connectivity index (χ4v) is 3.40. The molecule has 0 radical (unpaired) electrons. The molecule has 2 heteroatoms. The lowest BCUT2D eigenvalue weighted by Crippen LogP contribution is -2.63. The molecular formula is C17H28N2. The third-order valence-electron chi connectivity index (χ3n) is 4.84. The molecule has 2 nitrogen and oxygen atoms in total. The molecule has 1 aliphatic rings. The first-order chi connectivity index (χ1) is 9.02. The molecule has 0 spiro atoms. The third-order valence-corrected chi connectivity index (χ3v) is 4.84. The van der Waals surface area contributed by atoms with E-state index in [4.69, 9.17) is 5.73 Å². The van der Waals surface area contributed by atoms with Crippen LogP contribution >= 0.6 is 0 Å². The Kier molecular flexibility index (Phi) is 4.19.